The maximum atomic E-state index is 4.50. The number of nitrogens with zero attached hydrogens (tertiary/aromatic N) is 2. The van der Waals surface area contributed by atoms with E-state index in [1.54, 1.807) is 0 Å². The van der Waals surface area contributed by atoms with Crippen LogP contribution in [0, 0.1) is 0 Å². The molecule has 0 fully saturated rings. The van der Waals surface area contributed by atoms with Gasteiger partial charge in [0.2, 0.25) is 0 Å². The van der Waals surface area contributed by atoms with E-state index in [2.05, 4.69) is 48.2 Å². The number of unbranched alkanes of at least 4 members (excludes halogenated alkanes) is 1. The number of benzene rings is 1. The molecule has 0 spiro atoms. The van der Waals surface area contributed by atoms with E-state index in [0.717, 1.165) is 6.54 Å². The Morgan fingerprint density at radius 1 is 1.33 bits per heavy atom. The summed E-state index contributed by atoms with van der Waals surface area (Å²) in [6.45, 7) is 5.50. The van der Waals surface area contributed by atoms with Crippen LogP contribution in [0.5, 0.6) is 0 Å². The number of hydrogen-bond donors (Lipinski definition) is 0. The van der Waals surface area contributed by atoms with Gasteiger partial charge in [-0.25, -0.2) is 0 Å². The molecule has 1 aromatic rings. The smallest absolute Gasteiger partial charge is 0.0698 e. The molecule has 0 saturated heterocycles. The van der Waals surface area contributed by atoms with Crippen molar-refractivity contribution in [1.82, 2.24) is 5.01 Å². The van der Waals surface area contributed by atoms with Crippen molar-refractivity contribution in [2.75, 3.05) is 6.54 Å². The quantitative estimate of drug-likeness (QED) is 0.735. The fourth-order valence-electron chi connectivity index (χ4n) is 1.98. The number of rotatable bonds is 3. The highest BCUT2D eigenvalue weighted by Crippen LogP contribution is 2.26. The largest absolute Gasteiger partial charge is 0.290 e. The normalized spacial score (nSPS) is 19.1. The van der Waals surface area contributed by atoms with Gasteiger partial charge in [0, 0.05) is 6.54 Å². The van der Waals surface area contributed by atoms with E-state index in [-0.39, 0.29) is 0 Å². The summed E-state index contributed by atoms with van der Waals surface area (Å²) in [5.74, 6) is 0. The summed E-state index contributed by atoms with van der Waals surface area (Å²) < 4.78 is 0. The Hall–Kier alpha value is -1.31. The highest BCUT2D eigenvalue weighted by Gasteiger charge is 2.18. The van der Waals surface area contributed by atoms with Gasteiger partial charge in [-0.05, 0) is 24.5 Å². The molecule has 0 N–H and O–H groups in total. The molecule has 0 aliphatic carbocycles. The Bertz CT molecular complexity index is 357. The van der Waals surface area contributed by atoms with Crippen molar-refractivity contribution in [2.45, 2.75) is 32.7 Å². The molecule has 1 atom stereocenters. The predicted molar refractivity (Wildman–Crippen MR) is 64.1 cm³/mol. The Kier molecular flexibility index (Phi) is 3.05. The lowest BCUT2D eigenvalue weighted by molar-refractivity contribution is 0.214. The third-order valence-corrected chi connectivity index (χ3v) is 2.98. The molecule has 0 bridgehead atoms. The summed E-state index contributed by atoms with van der Waals surface area (Å²) in [7, 11) is 0. The Morgan fingerprint density at radius 2 is 2.13 bits per heavy atom. The van der Waals surface area contributed by atoms with Crippen LogP contribution in [-0.4, -0.2) is 17.8 Å². The van der Waals surface area contributed by atoms with E-state index in [1.807, 2.05) is 6.21 Å². The highest BCUT2D eigenvalue weighted by molar-refractivity contribution is 5.82. The van der Waals surface area contributed by atoms with Crippen molar-refractivity contribution in [3.63, 3.8) is 0 Å². The van der Waals surface area contributed by atoms with Gasteiger partial charge in [0.05, 0.1) is 12.3 Å². The SMILES string of the molecule is CCCCN1N=Cc2ccccc2C1C. The fourth-order valence-corrected chi connectivity index (χ4v) is 1.98. The summed E-state index contributed by atoms with van der Waals surface area (Å²) in [6.07, 6.45) is 4.41. The maximum absolute atomic E-state index is 4.50. The number of fused-ring (bicyclic) bond motifs is 1. The van der Waals surface area contributed by atoms with Crippen LogP contribution < -0.4 is 0 Å². The van der Waals surface area contributed by atoms with Gasteiger partial charge in [0.1, 0.15) is 0 Å². The third kappa shape index (κ3) is 2.04. The van der Waals surface area contributed by atoms with E-state index in [4.69, 9.17) is 0 Å². The summed E-state index contributed by atoms with van der Waals surface area (Å²) in [6, 6.07) is 8.92. The average molecular weight is 202 g/mol. The van der Waals surface area contributed by atoms with Crippen LogP contribution in [0.1, 0.15) is 43.9 Å². The summed E-state index contributed by atoms with van der Waals surface area (Å²) in [5.41, 5.74) is 2.65. The number of hydrogen-bond acceptors (Lipinski definition) is 2. The second-order valence-electron chi connectivity index (χ2n) is 4.07. The molecule has 15 heavy (non-hydrogen) atoms. The molecule has 1 aliphatic rings. The Morgan fingerprint density at radius 3 is 2.93 bits per heavy atom. The lowest BCUT2D eigenvalue weighted by atomic mass is 10.0. The van der Waals surface area contributed by atoms with Crippen LogP contribution in [0.25, 0.3) is 0 Å². The van der Waals surface area contributed by atoms with Gasteiger partial charge in [0.15, 0.2) is 0 Å². The summed E-state index contributed by atoms with van der Waals surface area (Å²) in [5, 5.41) is 6.68. The fraction of sp³-hybridized carbons (Fsp3) is 0.462. The van der Waals surface area contributed by atoms with E-state index in [9.17, 15) is 0 Å². The summed E-state index contributed by atoms with van der Waals surface area (Å²) >= 11 is 0. The zero-order chi connectivity index (χ0) is 10.7. The molecule has 0 amide bonds. The van der Waals surface area contributed by atoms with E-state index in [0.29, 0.717) is 6.04 Å². The predicted octanol–water partition coefficient (Wildman–Crippen LogP) is 3.20. The van der Waals surface area contributed by atoms with E-state index in [1.165, 1.54) is 24.0 Å². The molecule has 0 radical (unpaired) electrons. The van der Waals surface area contributed by atoms with Gasteiger partial charge in [-0.2, -0.15) is 5.10 Å². The molecule has 2 rings (SSSR count). The van der Waals surface area contributed by atoms with Crippen molar-refractivity contribution in [2.24, 2.45) is 5.10 Å². The molecule has 1 aromatic carbocycles. The average Bonchev–Trinajstić information content (AvgIpc) is 2.29. The van der Waals surface area contributed by atoms with Gasteiger partial charge in [-0.1, -0.05) is 37.6 Å². The van der Waals surface area contributed by atoms with E-state index < -0.39 is 0 Å². The van der Waals surface area contributed by atoms with Crippen molar-refractivity contribution >= 4 is 6.21 Å². The zero-order valence-corrected chi connectivity index (χ0v) is 9.48. The first-order chi connectivity index (χ1) is 7.33. The van der Waals surface area contributed by atoms with Gasteiger partial charge in [0.25, 0.3) is 0 Å². The van der Waals surface area contributed by atoms with Crippen molar-refractivity contribution in [1.29, 1.82) is 0 Å². The third-order valence-electron chi connectivity index (χ3n) is 2.98. The first-order valence-electron chi connectivity index (χ1n) is 5.72. The molecule has 1 heterocycles. The minimum absolute atomic E-state index is 0.415. The molecule has 2 heteroatoms. The Labute approximate surface area is 91.6 Å². The topological polar surface area (TPSA) is 15.6 Å². The van der Waals surface area contributed by atoms with Crippen molar-refractivity contribution in [3.8, 4) is 0 Å². The van der Waals surface area contributed by atoms with Gasteiger partial charge < -0.3 is 0 Å². The first-order valence-corrected chi connectivity index (χ1v) is 5.72. The lowest BCUT2D eigenvalue weighted by Gasteiger charge is -2.30. The molecule has 0 saturated carbocycles. The van der Waals surface area contributed by atoms with Crippen LogP contribution in [0.2, 0.25) is 0 Å². The first kappa shape index (κ1) is 10.2. The molecule has 1 aliphatic heterocycles. The standard InChI is InChI=1S/C13H18N2/c1-3-4-9-15-11(2)13-8-6-5-7-12(13)10-14-15/h5-8,10-11H,3-4,9H2,1-2H3. The highest BCUT2D eigenvalue weighted by atomic mass is 15.5. The second-order valence-corrected chi connectivity index (χ2v) is 4.07. The van der Waals surface area contributed by atoms with Gasteiger partial charge >= 0.3 is 0 Å². The van der Waals surface area contributed by atoms with Crippen LogP contribution >= 0.6 is 0 Å². The minimum Gasteiger partial charge on any atom is -0.290 e. The van der Waals surface area contributed by atoms with Crippen LogP contribution in [0.4, 0.5) is 0 Å². The molecule has 1 unspecified atom stereocenters. The summed E-state index contributed by atoms with van der Waals surface area (Å²) in [4.78, 5) is 0. The minimum atomic E-state index is 0.415. The second kappa shape index (κ2) is 4.47. The monoisotopic (exact) mass is 202 g/mol. The van der Waals surface area contributed by atoms with Crippen LogP contribution in [0.15, 0.2) is 29.4 Å². The van der Waals surface area contributed by atoms with Crippen molar-refractivity contribution < 1.29 is 0 Å². The number of hydrazone groups is 1. The molecule has 2 nitrogen and oxygen atoms in total. The lowest BCUT2D eigenvalue weighted by Crippen LogP contribution is -2.26. The van der Waals surface area contributed by atoms with E-state index >= 15 is 0 Å². The maximum Gasteiger partial charge on any atom is 0.0698 e. The van der Waals surface area contributed by atoms with Crippen molar-refractivity contribution in [3.05, 3.63) is 35.4 Å². The molecular weight excluding hydrogens is 184 g/mol. The molecule has 80 valence electrons. The Balaban J connectivity index is 2.18. The van der Waals surface area contributed by atoms with Crippen LogP contribution in [0.3, 0.4) is 0 Å². The molecule has 0 aromatic heterocycles. The zero-order valence-electron chi connectivity index (χ0n) is 9.48. The van der Waals surface area contributed by atoms with Crippen LogP contribution in [-0.2, 0) is 0 Å². The molecular formula is C13H18N2. The van der Waals surface area contributed by atoms with Gasteiger partial charge in [-0.3, -0.25) is 5.01 Å². The van der Waals surface area contributed by atoms with Gasteiger partial charge in [-0.15, -0.1) is 0 Å².